The van der Waals surface area contributed by atoms with Crippen LogP contribution in [-0.4, -0.2) is 32.3 Å². The maximum Gasteiger partial charge on any atom is 0.274 e. The van der Waals surface area contributed by atoms with E-state index in [1.54, 1.807) is 12.4 Å². The van der Waals surface area contributed by atoms with Crippen LogP contribution in [0.1, 0.15) is 34.9 Å². The molecule has 0 aromatic carbocycles. The highest BCUT2D eigenvalue weighted by Crippen LogP contribution is 2.32. The molecule has 0 saturated carbocycles. The summed E-state index contributed by atoms with van der Waals surface area (Å²) in [5.74, 6) is -0.103. The lowest BCUT2D eigenvalue weighted by Crippen LogP contribution is -2.31. The zero-order valence-corrected chi connectivity index (χ0v) is 11.5. The zero-order valence-electron chi connectivity index (χ0n) is 10.7. The summed E-state index contributed by atoms with van der Waals surface area (Å²) in [5, 5.41) is 0.286. The molecule has 3 rings (SSSR count). The molecule has 5 nitrogen and oxygen atoms in total. The average Bonchev–Trinajstić information content (AvgIpc) is 2.97. The number of carbonyl (C=O) groups is 1. The van der Waals surface area contributed by atoms with E-state index >= 15 is 0 Å². The van der Waals surface area contributed by atoms with Crippen molar-refractivity contribution >= 4 is 17.5 Å². The lowest BCUT2D eigenvalue weighted by Gasteiger charge is -2.24. The molecular formula is C14H13ClN4O. The van der Waals surface area contributed by atoms with Gasteiger partial charge >= 0.3 is 0 Å². The van der Waals surface area contributed by atoms with Gasteiger partial charge < -0.3 is 4.90 Å². The Labute approximate surface area is 121 Å². The minimum atomic E-state index is -0.103. The van der Waals surface area contributed by atoms with Crippen molar-refractivity contribution in [2.45, 2.75) is 18.9 Å². The van der Waals surface area contributed by atoms with Crippen molar-refractivity contribution in [3.63, 3.8) is 0 Å². The van der Waals surface area contributed by atoms with Crippen molar-refractivity contribution in [3.05, 3.63) is 53.3 Å². The Morgan fingerprint density at radius 3 is 2.75 bits per heavy atom. The SMILES string of the molecule is O=C(c1cnc(Cl)cn1)N1CCCC1c1ccncc1. The van der Waals surface area contributed by atoms with E-state index in [0.717, 1.165) is 24.9 Å². The molecule has 6 heteroatoms. The zero-order chi connectivity index (χ0) is 13.9. The van der Waals surface area contributed by atoms with Crippen molar-refractivity contribution < 1.29 is 4.79 Å². The number of aromatic nitrogens is 3. The van der Waals surface area contributed by atoms with E-state index in [-0.39, 0.29) is 17.1 Å². The molecule has 0 spiro atoms. The first-order valence-corrected chi connectivity index (χ1v) is 6.82. The topological polar surface area (TPSA) is 59.0 Å². The van der Waals surface area contributed by atoms with Gasteiger partial charge in [-0.3, -0.25) is 9.78 Å². The minimum absolute atomic E-state index is 0.0861. The Morgan fingerprint density at radius 1 is 1.25 bits per heavy atom. The monoisotopic (exact) mass is 288 g/mol. The molecular weight excluding hydrogens is 276 g/mol. The van der Waals surface area contributed by atoms with Crippen molar-refractivity contribution in [1.29, 1.82) is 0 Å². The molecule has 0 bridgehead atoms. The number of likely N-dealkylation sites (tertiary alicyclic amines) is 1. The number of nitrogens with zero attached hydrogens (tertiary/aromatic N) is 4. The fraction of sp³-hybridized carbons (Fsp3) is 0.286. The largest absolute Gasteiger partial charge is 0.330 e. The third-order valence-electron chi connectivity index (χ3n) is 3.44. The van der Waals surface area contributed by atoms with E-state index in [9.17, 15) is 4.79 Å². The third-order valence-corrected chi connectivity index (χ3v) is 3.64. The fourth-order valence-corrected chi connectivity index (χ4v) is 2.61. The number of hydrogen-bond acceptors (Lipinski definition) is 4. The van der Waals surface area contributed by atoms with Crippen molar-refractivity contribution in [2.75, 3.05) is 6.54 Å². The second-order valence-corrected chi connectivity index (χ2v) is 5.05. The molecule has 1 atom stereocenters. The van der Waals surface area contributed by atoms with Crippen LogP contribution in [0.5, 0.6) is 0 Å². The van der Waals surface area contributed by atoms with E-state index in [2.05, 4.69) is 15.0 Å². The van der Waals surface area contributed by atoms with E-state index < -0.39 is 0 Å². The van der Waals surface area contributed by atoms with Crippen LogP contribution < -0.4 is 0 Å². The van der Waals surface area contributed by atoms with Crippen LogP contribution in [-0.2, 0) is 0 Å². The summed E-state index contributed by atoms with van der Waals surface area (Å²) in [7, 11) is 0. The summed E-state index contributed by atoms with van der Waals surface area (Å²) >= 11 is 5.70. The number of halogens is 1. The van der Waals surface area contributed by atoms with Crippen molar-refractivity contribution in [3.8, 4) is 0 Å². The van der Waals surface area contributed by atoms with Gasteiger partial charge in [0.1, 0.15) is 10.8 Å². The summed E-state index contributed by atoms with van der Waals surface area (Å²) in [4.78, 5) is 26.3. The van der Waals surface area contributed by atoms with Gasteiger partial charge in [-0.2, -0.15) is 0 Å². The van der Waals surface area contributed by atoms with Crippen LogP contribution in [0.3, 0.4) is 0 Å². The molecule has 102 valence electrons. The highest BCUT2D eigenvalue weighted by Gasteiger charge is 2.31. The smallest absolute Gasteiger partial charge is 0.274 e. The average molecular weight is 289 g/mol. The Morgan fingerprint density at radius 2 is 2.05 bits per heavy atom. The summed E-state index contributed by atoms with van der Waals surface area (Å²) in [5.41, 5.74) is 1.43. The summed E-state index contributed by atoms with van der Waals surface area (Å²) in [6.07, 6.45) is 8.26. The van der Waals surface area contributed by atoms with Crippen molar-refractivity contribution in [1.82, 2.24) is 19.9 Å². The molecule has 3 heterocycles. The minimum Gasteiger partial charge on any atom is -0.330 e. The molecule has 2 aromatic heterocycles. The number of rotatable bonds is 2. The van der Waals surface area contributed by atoms with Gasteiger partial charge in [-0.15, -0.1) is 0 Å². The number of hydrogen-bond donors (Lipinski definition) is 0. The Bertz CT molecular complexity index is 602. The van der Waals surface area contributed by atoms with Gasteiger partial charge in [-0.25, -0.2) is 9.97 Å². The molecule has 1 aliphatic heterocycles. The molecule has 1 saturated heterocycles. The van der Waals surface area contributed by atoms with Crippen LogP contribution in [0.4, 0.5) is 0 Å². The molecule has 2 aromatic rings. The number of amides is 1. The van der Waals surface area contributed by atoms with Gasteiger partial charge in [0.05, 0.1) is 18.4 Å². The predicted octanol–water partition coefficient (Wildman–Crippen LogP) is 2.50. The standard InChI is InChI=1S/C14H13ClN4O/c15-13-9-17-11(8-18-13)14(20)19-7-1-2-12(19)10-3-5-16-6-4-10/h3-6,8-9,12H,1-2,7H2. The maximum atomic E-state index is 12.5. The molecule has 20 heavy (non-hydrogen) atoms. The highest BCUT2D eigenvalue weighted by molar-refractivity contribution is 6.29. The first-order valence-electron chi connectivity index (χ1n) is 6.44. The van der Waals surface area contributed by atoms with Gasteiger partial charge in [-0.05, 0) is 30.5 Å². The molecule has 1 fully saturated rings. The Hall–Kier alpha value is -2.01. The van der Waals surface area contributed by atoms with Crippen LogP contribution in [0, 0.1) is 0 Å². The first kappa shape index (κ1) is 13.0. The highest BCUT2D eigenvalue weighted by atomic mass is 35.5. The third kappa shape index (κ3) is 2.49. The van der Waals surface area contributed by atoms with Crippen LogP contribution in [0.25, 0.3) is 0 Å². The van der Waals surface area contributed by atoms with Crippen LogP contribution >= 0.6 is 11.6 Å². The quantitative estimate of drug-likeness (QED) is 0.852. The van der Waals surface area contributed by atoms with Gasteiger partial charge in [-0.1, -0.05) is 11.6 Å². The molecule has 0 radical (unpaired) electrons. The predicted molar refractivity (Wildman–Crippen MR) is 74.3 cm³/mol. The second kappa shape index (κ2) is 5.54. The van der Waals surface area contributed by atoms with E-state index in [4.69, 9.17) is 11.6 Å². The summed E-state index contributed by atoms with van der Waals surface area (Å²) in [6, 6.07) is 3.98. The Kier molecular flexibility index (Phi) is 3.60. The van der Waals surface area contributed by atoms with Crippen molar-refractivity contribution in [2.24, 2.45) is 0 Å². The lowest BCUT2D eigenvalue weighted by molar-refractivity contribution is 0.0729. The summed E-state index contributed by atoms with van der Waals surface area (Å²) < 4.78 is 0. The van der Waals surface area contributed by atoms with Crippen LogP contribution in [0.15, 0.2) is 36.9 Å². The molecule has 1 unspecified atom stereocenters. The number of pyridine rings is 1. The fourth-order valence-electron chi connectivity index (χ4n) is 2.51. The molecule has 0 aliphatic carbocycles. The van der Waals surface area contributed by atoms with Gasteiger partial charge in [0.2, 0.25) is 0 Å². The van der Waals surface area contributed by atoms with E-state index in [1.807, 2.05) is 17.0 Å². The maximum absolute atomic E-state index is 12.5. The lowest BCUT2D eigenvalue weighted by atomic mass is 10.1. The van der Waals surface area contributed by atoms with Gasteiger partial charge in [0.25, 0.3) is 5.91 Å². The van der Waals surface area contributed by atoms with Gasteiger partial charge in [0.15, 0.2) is 0 Å². The summed E-state index contributed by atoms with van der Waals surface area (Å²) in [6.45, 7) is 0.732. The molecule has 0 N–H and O–H groups in total. The van der Waals surface area contributed by atoms with E-state index in [1.165, 1.54) is 12.4 Å². The van der Waals surface area contributed by atoms with Crippen LogP contribution in [0.2, 0.25) is 5.15 Å². The molecule has 1 aliphatic rings. The number of carbonyl (C=O) groups excluding carboxylic acids is 1. The first-order chi connectivity index (χ1) is 9.75. The second-order valence-electron chi connectivity index (χ2n) is 4.66. The Balaban J connectivity index is 1.85. The molecule has 1 amide bonds. The normalized spacial score (nSPS) is 18.2. The van der Waals surface area contributed by atoms with Gasteiger partial charge in [0, 0.05) is 18.9 Å². The van der Waals surface area contributed by atoms with E-state index in [0.29, 0.717) is 5.69 Å².